The molecular weight excluding hydrogens is 378 g/mol. The first-order chi connectivity index (χ1) is 14.1. The van der Waals surface area contributed by atoms with Crippen LogP contribution in [0, 0.1) is 0 Å². The molecule has 0 saturated carbocycles. The molecule has 2 aromatic heterocycles. The molecule has 1 atom stereocenters. The predicted octanol–water partition coefficient (Wildman–Crippen LogP) is 1.09. The lowest BCUT2D eigenvalue weighted by Crippen LogP contribution is -2.30. The molecule has 10 heteroatoms. The van der Waals surface area contributed by atoms with Gasteiger partial charge in [0.2, 0.25) is 0 Å². The highest BCUT2D eigenvalue weighted by atomic mass is 16.5. The molecule has 1 aliphatic heterocycles. The van der Waals surface area contributed by atoms with Crippen LogP contribution in [0.4, 0.5) is 0 Å². The molecule has 10 nitrogen and oxygen atoms in total. The number of carbonyl (C=O) groups excluding carboxylic acids is 1. The number of methoxy groups -OCH3 is 1. The SMILES string of the molecule is COCCOC1CCN(C(=O)c2ccn(-c3cccc(-c4noc(=O)[nH]4)c3)n2)C1. The maximum atomic E-state index is 12.8. The summed E-state index contributed by atoms with van der Waals surface area (Å²) in [5, 5.41) is 8.10. The first-order valence-electron chi connectivity index (χ1n) is 9.26. The number of amides is 1. The lowest BCUT2D eigenvalue weighted by atomic mass is 10.2. The van der Waals surface area contributed by atoms with Crippen LogP contribution in [0.15, 0.2) is 45.8 Å². The van der Waals surface area contributed by atoms with Gasteiger partial charge in [0, 0.05) is 32.0 Å². The van der Waals surface area contributed by atoms with Crippen molar-refractivity contribution in [1.82, 2.24) is 24.8 Å². The van der Waals surface area contributed by atoms with E-state index in [0.29, 0.717) is 43.4 Å². The molecule has 1 aromatic carbocycles. The highest BCUT2D eigenvalue weighted by molar-refractivity contribution is 5.92. The van der Waals surface area contributed by atoms with Crippen LogP contribution in [0.1, 0.15) is 16.9 Å². The van der Waals surface area contributed by atoms with E-state index < -0.39 is 5.76 Å². The van der Waals surface area contributed by atoms with Crippen molar-refractivity contribution < 1.29 is 18.8 Å². The second kappa shape index (κ2) is 8.41. The van der Waals surface area contributed by atoms with Crippen LogP contribution in [0.5, 0.6) is 0 Å². The van der Waals surface area contributed by atoms with Crippen LogP contribution in [0.3, 0.4) is 0 Å². The third-order valence-electron chi connectivity index (χ3n) is 4.71. The third-order valence-corrected chi connectivity index (χ3v) is 4.71. The predicted molar refractivity (Wildman–Crippen MR) is 102 cm³/mol. The Morgan fingerprint density at radius 1 is 1.34 bits per heavy atom. The van der Waals surface area contributed by atoms with Gasteiger partial charge in [0.15, 0.2) is 11.5 Å². The minimum Gasteiger partial charge on any atom is -0.382 e. The fraction of sp³-hybridized carbons (Fsp3) is 0.368. The van der Waals surface area contributed by atoms with Crippen molar-refractivity contribution in [1.29, 1.82) is 0 Å². The molecule has 3 heterocycles. The number of benzene rings is 1. The third kappa shape index (κ3) is 4.28. The van der Waals surface area contributed by atoms with Crippen molar-refractivity contribution >= 4 is 5.91 Å². The molecule has 0 radical (unpaired) electrons. The van der Waals surface area contributed by atoms with E-state index in [1.165, 1.54) is 0 Å². The minimum absolute atomic E-state index is 0.0254. The number of aromatic nitrogens is 4. The van der Waals surface area contributed by atoms with Crippen molar-refractivity contribution in [2.24, 2.45) is 0 Å². The number of likely N-dealkylation sites (tertiary alicyclic amines) is 1. The Hall–Kier alpha value is -3.24. The van der Waals surface area contributed by atoms with E-state index >= 15 is 0 Å². The van der Waals surface area contributed by atoms with Crippen LogP contribution in [0.2, 0.25) is 0 Å². The van der Waals surface area contributed by atoms with Gasteiger partial charge in [0.1, 0.15) is 0 Å². The average Bonchev–Trinajstić information content (AvgIpc) is 3.49. The Bertz CT molecular complexity index is 1040. The van der Waals surface area contributed by atoms with E-state index in [1.54, 1.807) is 41.1 Å². The van der Waals surface area contributed by atoms with E-state index in [4.69, 9.17) is 9.47 Å². The van der Waals surface area contributed by atoms with Crippen LogP contribution in [-0.2, 0) is 9.47 Å². The van der Waals surface area contributed by atoms with Crippen molar-refractivity contribution in [3.05, 3.63) is 52.8 Å². The number of hydrogen-bond donors (Lipinski definition) is 1. The molecule has 0 aliphatic carbocycles. The molecule has 0 bridgehead atoms. The largest absolute Gasteiger partial charge is 0.439 e. The van der Waals surface area contributed by atoms with Crippen LogP contribution in [0.25, 0.3) is 17.1 Å². The van der Waals surface area contributed by atoms with Crippen LogP contribution in [-0.4, -0.2) is 70.2 Å². The van der Waals surface area contributed by atoms with Gasteiger partial charge in [0.05, 0.1) is 25.0 Å². The normalized spacial score (nSPS) is 16.4. The molecule has 29 heavy (non-hydrogen) atoms. The Morgan fingerprint density at radius 2 is 2.24 bits per heavy atom. The number of nitrogens with one attached hydrogen (secondary N) is 1. The summed E-state index contributed by atoms with van der Waals surface area (Å²) in [5.41, 5.74) is 1.77. The Morgan fingerprint density at radius 3 is 3.03 bits per heavy atom. The van der Waals surface area contributed by atoms with Crippen molar-refractivity contribution in [2.45, 2.75) is 12.5 Å². The molecule has 1 fully saturated rings. The second-order valence-electron chi connectivity index (χ2n) is 6.66. The van der Waals surface area contributed by atoms with Gasteiger partial charge in [-0.3, -0.25) is 14.3 Å². The Labute approximate surface area is 166 Å². The number of nitrogens with zero attached hydrogens (tertiary/aromatic N) is 4. The maximum absolute atomic E-state index is 12.8. The summed E-state index contributed by atoms with van der Waals surface area (Å²) in [4.78, 5) is 28.2. The zero-order chi connectivity index (χ0) is 20.2. The molecule has 152 valence electrons. The van der Waals surface area contributed by atoms with E-state index in [1.807, 2.05) is 12.1 Å². The van der Waals surface area contributed by atoms with Gasteiger partial charge in [-0.15, -0.1) is 0 Å². The average molecular weight is 399 g/mol. The molecule has 0 spiro atoms. The first kappa shape index (κ1) is 19.1. The number of rotatable bonds is 7. The van der Waals surface area contributed by atoms with Crippen molar-refractivity contribution in [3.8, 4) is 17.1 Å². The second-order valence-corrected chi connectivity index (χ2v) is 6.66. The van der Waals surface area contributed by atoms with Gasteiger partial charge in [0.25, 0.3) is 5.91 Å². The summed E-state index contributed by atoms with van der Waals surface area (Å²) in [6.45, 7) is 2.24. The summed E-state index contributed by atoms with van der Waals surface area (Å²) in [6, 6.07) is 8.93. The molecule has 1 N–H and O–H groups in total. The number of ether oxygens (including phenoxy) is 2. The first-order valence-corrected chi connectivity index (χ1v) is 9.26. The standard InChI is InChI=1S/C19H21N5O5/c1-27-9-10-28-15-5-7-23(12-15)18(25)16-6-8-24(21-16)14-4-2-3-13(11-14)17-20-19(26)29-22-17/h2-4,6,8,11,15H,5,7,9-10,12H2,1H3,(H,20,22,26). The van der Waals surface area contributed by atoms with Crippen LogP contribution >= 0.6 is 0 Å². The quantitative estimate of drug-likeness (QED) is 0.591. The van der Waals surface area contributed by atoms with Gasteiger partial charge in [-0.1, -0.05) is 17.3 Å². The van der Waals surface area contributed by atoms with Crippen LogP contribution < -0.4 is 5.76 Å². The van der Waals surface area contributed by atoms with Crippen molar-refractivity contribution in [3.63, 3.8) is 0 Å². The monoisotopic (exact) mass is 399 g/mol. The number of hydrogen-bond acceptors (Lipinski definition) is 7. The van der Waals surface area contributed by atoms with E-state index in [-0.39, 0.29) is 12.0 Å². The molecule has 4 rings (SSSR count). The minimum atomic E-state index is -0.618. The lowest BCUT2D eigenvalue weighted by Gasteiger charge is -2.15. The summed E-state index contributed by atoms with van der Waals surface area (Å²) in [7, 11) is 1.63. The molecular formula is C19H21N5O5. The summed E-state index contributed by atoms with van der Waals surface area (Å²) < 4.78 is 16.8. The van der Waals surface area contributed by atoms with E-state index in [9.17, 15) is 9.59 Å². The summed E-state index contributed by atoms with van der Waals surface area (Å²) in [6.07, 6.45) is 2.55. The zero-order valence-corrected chi connectivity index (χ0v) is 15.9. The topological polar surface area (TPSA) is 115 Å². The summed E-state index contributed by atoms with van der Waals surface area (Å²) in [5.74, 6) is -0.414. The fourth-order valence-electron chi connectivity index (χ4n) is 3.24. The van der Waals surface area contributed by atoms with Gasteiger partial charge in [-0.25, -0.2) is 9.48 Å². The van der Waals surface area contributed by atoms with E-state index in [2.05, 4.69) is 19.8 Å². The van der Waals surface area contributed by atoms with Gasteiger partial charge >= 0.3 is 5.76 Å². The van der Waals surface area contributed by atoms with Gasteiger partial charge in [-0.2, -0.15) is 5.10 Å². The van der Waals surface area contributed by atoms with Gasteiger partial charge < -0.3 is 14.4 Å². The lowest BCUT2D eigenvalue weighted by molar-refractivity contribution is 0.0218. The van der Waals surface area contributed by atoms with Gasteiger partial charge in [-0.05, 0) is 24.6 Å². The molecule has 1 unspecified atom stereocenters. The summed E-state index contributed by atoms with van der Waals surface area (Å²) >= 11 is 0. The Kier molecular flexibility index (Phi) is 5.54. The zero-order valence-electron chi connectivity index (χ0n) is 15.9. The molecule has 1 saturated heterocycles. The number of carbonyl (C=O) groups is 1. The highest BCUT2D eigenvalue weighted by Crippen LogP contribution is 2.19. The molecule has 1 amide bonds. The fourth-order valence-corrected chi connectivity index (χ4v) is 3.24. The highest BCUT2D eigenvalue weighted by Gasteiger charge is 2.28. The van der Waals surface area contributed by atoms with E-state index in [0.717, 1.165) is 12.1 Å². The molecule has 1 aliphatic rings. The smallest absolute Gasteiger partial charge is 0.382 e. The maximum Gasteiger partial charge on any atom is 0.439 e. The Balaban J connectivity index is 1.45. The number of H-pyrrole nitrogens is 1. The van der Waals surface area contributed by atoms with Crippen molar-refractivity contribution in [2.75, 3.05) is 33.4 Å². The number of aromatic amines is 1. The molecule has 3 aromatic rings.